The number of amides is 3. The number of benzene rings is 1. The molecule has 3 heterocycles. The molecule has 1 aromatic carbocycles. The molecule has 12 heteroatoms. The third kappa shape index (κ3) is 4.58. The fraction of sp³-hybridized carbons (Fsp3) is 0.500. The Morgan fingerprint density at radius 1 is 1.15 bits per heavy atom. The lowest BCUT2D eigenvalue weighted by Crippen LogP contribution is -2.42. The number of carbonyl (C=O) groups is 2. The molecule has 2 aromatic rings. The molecular formula is C22H24F5N5O2. The van der Waals surface area contributed by atoms with Crippen LogP contribution in [-0.4, -0.2) is 58.6 Å². The van der Waals surface area contributed by atoms with E-state index in [1.807, 2.05) is 0 Å². The van der Waals surface area contributed by atoms with Gasteiger partial charge in [-0.2, -0.15) is 18.3 Å². The van der Waals surface area contributed by atoms with Crippen molar-refractivity contribution in [1.82, 2.24) is 25.3 Å². The van der Waals surface area contributed by atoms with E-state index in [2.05, 4.69) is 15.5 Å². The summed E-state index contributed by atoms with van der Waals surface area (Å²) >= 11 is 0. The van der Waals surface area contributed by atoms with Crippen molar-refractivity contribution < 1.29 is 31.5 Å². The van der Waals surface area contributed by atoms with E-state index in [9.17, 15) is 31.5 Å². The van der Waals surface area contributed by atoms with E-state index in [0.717, 1.165) is 11.8 Å². The maximum atomic E-state index is 13.9. The Labute approximate surface area is 192 Å². The summed E-state index contributed by atoms with van der Waals surface area (Å²) in [6.45, 7) is 1.35. The Hall–Kier alpha value is -3.18. The molecule has 1 saturated heterocycles. The van der Waals surface area contributed by atoms with E-state index in [1.165, 1.54) is 7.05 Å². The lowest BCUT2D eigenvalue weighted by molar-refractivity contribution is -0.141. The van der Waals surface area contributed by atoms with Gasteiger partial charge in [0, 0.05) is 44.4 Å². The Morgan fingerprint density at radius 3 is 2.50 bits per heavy atom. The first-order valence-corrected chi connectivity index (χ1v) is 11.0. The smallest absolute Gasteiger partial charge is 0.341 e. The number of rotatable bonds is 3. The second-order valence-electron chi connectivity index (χ2n) is 8.59. The summed E-state index contributed by atoms with van der Waals surface area (Å²) in [6, 6.07) is 1.44. The van der Waals surface area contributed by atoms with E-state index in [0.29, 0.717) is 50.5 Å². The quantitative estimate of drug-likeness (QED) is 0.654. The molecule has 7 nitrogen and oxygen atoms in total. The van der Waals surface area contributed by atoms with Gasteiger partial charge in [0.15, 0.2) is 17.3 Å². The number of hydrogen-bond acceptors (Lipinski definition) is 3. The molecule has 0 spiro atoms. The Kier molecular flexibility index (Phi) is 6.50. The molecule has 0 radical (unpaired) electrons. The standard InChI is InChI=1S/C22H24F5N5O2/c1-28-21(34)32-9-6-16-14(11-32)19(30-29-16)20(33)31-7-4-12(5-8-31)10-13-2-3-15(23)18(24)17(13)22(25,26)27/h2-3,12H,4-11H2,1H3,(H,28,34)(H,29,30). The monoisotopic (exact) mass is 485 g/mol. The van der Waals surface area contributed by atoms with Gasteiger partial charge in [-0.25, -0.2) is 13.6 Å². The van der Waals surface area contributed by atoms with Crippen LogP contribution in [0.15, 0.2) is 12.1 Å². The number of piperidine rings is 1. The Bertz CT molecular complexity index is 1090. The van der Waals surface area contributed by atoms with Gasteiger partial charge in [-0.1, -0.05) is 6.07 Å². The third-order valence-electron chi connectivity index (χ3n) is 6.51. The Balaban J connectivity index is 1.42. The summed E-state index contributed by atoms with van der Waals surface area (Å²) in [6.07, 6.45) is -3.69. The van der Waals surface area contributed by atoms with Crippen molar-refractivity contribution in [3.05, 3.63) is 51.8 Å². The van der Waals surface area contributed by atoms with Gasteiger partial charge in [0.05, 0.1) is 12.1 Å². The molecule has 2 aliphatic rings. The molecule has 0 unspecified atom stereocenters. The normalized spacial score (nSPS) is 17.0. The predicted octanol–water partition coefficient (Wildman–Crippen LogP) is 3.50. The van der Waals surface area contributed by atoms with Crippen molar-refractivity contribution in [3.63, 3.8) is 0 Å². The van der Waals surface area contributed by atoms with Gasteiger partial charge in [-0.15, -0.1) is 0 Å². The van der Waals surface area contributed by atoms with Crippen LogP contribution in [0, 0.1) is 17.6 Å². The molecule has 184 valence electrons. The van der Waals surface area contributed by atoms with E-state index in [-0.39, 0.29) is 42.1 Å². The molecule has 2 aliphatic heterocycles. The number of hydrogen-bond donors (Lipinski definition) is 2. The minimum Gasteiger partial charge on any atom is -0.341 e. The highest BCUT2D eigenvalue weighted by molar-refractivity contribution is 5.94. The van der Waals surface area contributed by atoms with Crippen molar-refractivity contribution in [2.24, 2.45) is 5.92 Å². The van der Waals surface area contributed by atoms with Crippen molar-refractivity contribution >= 4 is 11.9 Å². The summed E-state index contributed by atoms with van der Waals surface area (Å²) in [5.41, 5.74) is -0.140. The first-order chi connectivity index (χ1) is 16.1. The second-order valence-corrected chi connectivity index (χ2v) is 8.59. The van der Waals surface area contributed by atoms with E-state index in [4.69, 9.17) is 0 Å². The molecule has 1 aromatic heterocycles. The number of fused-ring (bicyclic) bond motifs is 1. The van der Waals surface area contributed by atoms with Gasteiger partial charge >= 0.3 is 12.2 Å². The predicted molar refractivity (Wildman–Crippen MR) is 111 cm³/mol. The molecule has 34 heavy (non-hydrogen) atoms. The fourth-order valence-electron chi connectivity index (χ4n) is 4.67. The molecule has 0 atom stereocenters. The molecule has 1 fully saturated rings. The molecule has 3 amide bonds. The van der Waals surface area contributed by atoms with Crippen molar-refractivity contribution in [1.29, 1.82) is 0 Å². The summed E-state index contributed by atoms with van der Waals surface area (Å²) in [5, 5.41) is 9.59. The van der Waals surface area contributed by atoms with Crippen molar-refractivity contribution in [2.75, 3.05) is 26.7 Å². The van der Waals surface area contributed by atoms with E-state index in [1.54, 1.807) is 9.80 Å². The number of likely N-dealkylation sites (tertiary alicyclic amines) is 1. The van der Waals surface area contributed by atoms with Crippen LogP contribution < -0.4 is 5.32 Å². The topological polar surface area (TPSA) is 81.3 Å². The molecule has 0 bridgehead atoms. The lowest BCUT2D eigenvalue weighted by atomic mass is 9.88. The van der Waals surface area contributed by atoms with Crippen LogP contribution >= 0.6 is 0 Å². The zero-order valence-corrected chi connectivity index (χ0v) is 18.4. The number of H-pyrrole nitrogens is 1. The van der Waals surface area contributed by atoms with Gasteiger partial charge in [0.1, 0.15) is 0 Å². The van der Waals surface area contributed by atoms with Crippen LogP contribution in [-0.2, 0) is 25.6 Å². The number of halogens is 5. The molecule has 0 aliphatic carbocycles. The van der Waals surface area contributed by atoms with Crippen LogP contribution in [0.2, 0.25) is 0 Å². The molecule has 0 saturated carbocycles. The Morgan fingerprint density at radius 2 is 1.85 bits per heavy atom. The number of nitrogens with zero attached hydrogens (tertiary/aromatic N) is 3. The van der Waals surface area contributed by atoms with Crippen LogP contribution in [0.5, 0.6) is 0 Å². The minimum absolute atomic E-state index is 0.0625. The van der Waals surface area contributed by atoms with Gasteiger partial charge in [0.25, 0.3) is 5.91 Å². The average molecular weight is 485 g/mol. The van der Waals surface area contributed by atoms with Gasteiger partial charge < -0.3 is 15.1 Å². The van der Waals surface area contributed by atoms with E-state index < -0.39 is 23.4 Å². The highest BCUT2D eigenvalue weighted by Gasteiger charge is 2.39. The first kappa shape index (κ1) is 24.0. The largest absolute Gasteiger partial charge is 0.419 e. The van der Waals surface area contributed by atoms with Crippen LogP contribution in [0.4, 0.5) is 26.7 Å². The van der Waals surface area contributed by atoms with E-state index >= 15 is 0 Å². The number of nitrogens with one attached hydrogen (secondary N) is 2. The van der Waals surface area contributed by atoms with Gasteiger partial charge in [0.2, 0.25) is 0 Å². The number of alkyl halides is 3. The summed E-state index contributed by atoms with van der Waals surface area (Å²) in [4.78, 5) is 28.2. The highest BCUT2D eigenvalue weighted by Crippen LogP contribution is 2.37. The number of aromatic amines is 1. The maximum Gasteiger partial charge on any atom is 0.419 e. The van der Waals surface area contributed by atoms with Crippen LogP contribution in [0.3, 0.4) is 0 Å². The summed E-state index contributed by atoms with van der Waals surface area (Å²) < 4.78 is 67.2. The average Bonchev–Trinajstić information content (AvgIpc) is 3.23. The fourth-order valence-corrected chi connectivity index (χ4v) is 4.67. The van der Waals surface area contributed by atoms with Crippen LogP contribution in [0.1, 0.15) is 45.7 Å². The zero-order chi connectivity index (χ0) is 24.6. The highest BCUT2D eigenvalue weighted by atomic mass is 19.4. The molecule has 2 N–H and O–H groups in total. The SMILES string of the molecule is CNC(=O)N1CCc2[nH]nc(C(=O)N3CCC(Cc4ccc(F)c(F)c4C(F)(F)F)CC3)c2C1. The maximum absolute atomic E-state index is 13.9. The zero-order valence-electron chi connectivity index (χ0n) is 18.4. The number of carbonyl (C=O) groups excluding carboxylic acids is 2. The third-order valence-corrected chi connectivity index (χ3v) is 6.51. The summed E-state index contributed by atoms with van der Waals surface area (Å²) in [7, 11) is 1.53. The second kappa shape index (κ2) is 9.22. The number of urea groups is 1. The molecule has 4 rings (SSSR count). The van der Waals surface area contributed by atoms with Crippen LogP contribution in [0.25, 0.3) is 0 Å². The van der Waals surface area contributed by atoms with Gasteiger partial charge in [-0.3, -0.25) is 9.89 Å². The van der Waals surface area contributed by atoms with Crippen molar-refractivity contribution in [2.45, 2.75) is 38.4 Å². The lowest BCUT2D eigenvalue weighted by Gasteiger charge is -2.33. The minimum atomic E-state index is -5.00. The first-order valence-electron chi connectivity index (χ1n) is 11.0. The van der Waals surface area contributed by atoms with Gasteiger partial charge in [-0.05, 0) is 36.8 Å². The number of aromatic nitrogens is 2. The van der Waals surface area contributed by atoms with Crippen molar-refractivity contribution in [3.8, 4) is 0 Å². The molecular weight excluding hydrogens is 461 g/mol. The summed E-state index contributed by atoms with van der Waals surface area (Å²) in [5.74, 6) is -3.94.